The van der Waals surface area contributed by atoms with E-state index >= 15 is 0 Å². The molecule has 1 N–H and O–H groups in total. The molecule has 1 aromatic heterocycles. The Hall–Kier alpha value is -1.91. The maximum Gasteiger partial charge on any atom is 0.254 e. The summed E-state index contributed by atoms with van der Waals surface area (Å²) in [6.45, 7) is 0.0532. The van der Waals surface area contributed by atoms with Gasteiger partial charge in [-0.25, -0.2) is 0 Å². The average molecular weight is 207 g/mol. The third kappa shape index (κ3) is 3.05. The molecule has 0 aromatic carbocycles. The summed E-state index contributed by atoms with van der Waals surface area (Å²) < 4.78 is 0. The highest BCUT2D eigenvalue weighted by Gasteiger charge is 2.13. The van der Waals surface area contributed by atoms with Crippen LogP contribution in [-0.2, 0) is 4.79 Å². The van der Waals surface area contributed by atoms with E-state index in [1.165, 1.54) is 11.9 Å². The number of nitrogens with one attached hydrogen (secondary N) is 1. The van der Waals surface area contributed by atoms with Crippen LogP contribution in [0.2, 0.25) is 0 Å². The van der Waals surface area contributed by atoms with Crippen molar-refractivity contribution in [3.05, 3.63) is 30.1 Å². The summed E-state index contributed by atoms with van der Waals surface area (Å²) in [5.74, 6) is -0.388. The van der Waals surface area contributed by atoms with Gasteiger partial charge in [-0.3, -0.25) is 14.6 Å². The maximum absolute atomic E-state index is 11.7. The van der Waals surface area contributed by atoms with Crippen LogP contribution >= 0.6 is 0 Å². The van der Waals surface area contributed by atoms with Gasteiger partial charge >= 0.3 is 0 Å². The van der Waals surface area contributed by atoms with Gasteiger partial charge in [0.15, 0.2) is 0 Å². The summed E-state index contributed by atoms with van der Waals surface area (Å²) in [4.78, 5) is 27.9. The third-order valence-corrected chi connectivity index (χ3v) is 1.93. The van der Waals surface area contributed by atoms with Gasteiger partial charge < -0.3 is 10.2 Å². The largest absolute Gasteiger partial charge is 0.358 e. The molecule has 5 heteroatoms. The van der Waals surface area contributed by atoms with Gasteiger partial charge in [0, 0.05) is 32.1 Å². The normalized spacial score (nSPS) is 9.47. The zero-order valence-electron chi connectivity index (χ0n) is 8.73. The molecule has 80 valence electrons. The van der Waals surface area contributed by atoms with Gasteiger partial charge in [-0.1, -0.05) is 0 Å². The molecule has 0 fully saturated rings. The van der Waals surface area contributed by atoms with Crippen LogP contribution < -0.4 is 5.32 Å². The number of aromatic nitrogens is 1. The van der Waals surface area contributed by atoms with Crippen molar-refractivity contribution in [1.82, 2.24) is 15.2 Å². The van der Waals surface area contributed by atoms with Gasteiger partial charge in [-0.05, 0) is 12.1 Å². The molecular weight excluding hydrogens is 194 g/mol. The van der Waals surface area contributed by atoms with Crippen molar-refractivity contribution in [1.29, 1.82) is 0 Å². The van der Waals surface area contributed by atoms with Crippen molar-refractivity contribution < 1.29 is 9.59 Å². The van der Waals surface area contributed by atoms with Crippen molar-refractivity contribution in [3.63, 3.8) is 0 Å². The second-order valence-electron chi connectivity index (χ2n) is 3.07. The van der Waals surface area contributed by atoms with E-state index in [2.05, 4.69) is 10.3 Å². The number of rotatable bonds is 3. The van der Waals surface area contributed by atoms with E-state index in [1.807, 2.05) is 0 Å². The molecular formula is C10H13N3O2. The van der Waals surface area contributed by atoms with Crippen molar-refractivity contribution in [2.75, 3.05) is 20.6 Å². The Morgan fingerprint density at radius 1 is 1.40 bits per heavy atom. The molecule has 0 aliphatic rings. The van der Waals surface area contributed by atoms with E-state index in [1.54, 1.807) is 31.6 Å². The number of pyridine rings is 1. The first-order chi connectivity index (χ1) is 7.15. The molecule has 0 bridgehead atoms. The molecule has 0 aliphatic carbocycles. The average Bonchev–Trinajstić information content (AvgIpc) is 2.29. The van der Waals surface area contributed by atoms with Gasteiger partial charge in [0.05, 0.1) is 6.54 Å². The minimum atomic E-state index is -0.195. The summed E-state index contributed by atoms with van der Waals surface area (Å²) in [7, 11) is 3.12. The SMILES string of the molecule is CNC(=O)CN(C)C(=O)c1ccncc1. The standard InChI is InChI=1S/C10H13N3O2/c1-11-9(14)7-13(2)10(15)8-3-5-12-6-4-8/h3-6H,7H2,1-2H3,(H,11,14). The Balaban J connectivity index is 2.65. The lowest BCUT2D eigenvalue weighted by atomic mass is 10.2. The number of amides is 2. The van der Waals surface area contributed by atoms with Crippen molar-refractivity contribution >= 4 is 11.8 Å². The second kappa shape index (κ2) is 5.09. The maximum atomic E-state index is 11.7. The number of hydrogen-bond donors (Lipinski definition) is 1. The van der Waals surface area contributed by atoms with Crippen LogP contribution in [-0.4, -0.2) is 42.3 Å². The first kappa shape index (κ1) is 11.2. The highest BCUT2D eigenvalue weighted by molar-refractivity contribution is 5.96. The molecule has 0 radical (unpaired) electrons. The van der Waals surface area contributed by atoms with E-state index < -0.39 is 0 Å². The number of nitrogens with zero attached hydrogens (tertiary/aromatic N) is 2. The van der Waals surface area contributed by atoms with Crippen LogP contribution in [0.15, 0.2) is 24.5 Å². The quantitative estimate of drug-likeness (QED) is 0.752. The Labute approximate surface area is 88.1 Å². The molecule has 15 heavy (non-hydrogen) atoms. The summed E-state index contributed by atoms with van der Waals surface area (Å²) in [5.41, 5.74) is 0.524. The Morgan fingerprint density at radius 3 is 2.53 bits per heavy atom. The Morgan fingerprint density at radius 2 is 2.00 bits per heavy atom. The summed E-state index contributed by atoms with van der Waals surface area (Å²) in [6, 6.07) is 3.23. The van der Waals surface area contributed by atoms with Gasteiger partial charge in [-0.2, -0.15) is 0 Å². The minimum Gasteiger partial charge on any atom is -0.358 e. The first-order valence-corrected chi connectivity index (χ1v) is 4.51. The fourth-order valence-electron chi connectivity index (χ4n) is 1.08. The van der Waals surface area contributed by atoms with Crippen LogP contribution in [0, 0.1) is 0 Å². The van der Waals surface area contributed by atoms with Crippen LogP contribution in [0.3, 0.4) is 0 Å². The molecule has 0 unspecified atom stereocenters. The van der Waals surface area contributed by atoms with Gasteiger partial charge in [0.1, 0.15) is 0 Å². The second-order valence-corrected chi connectivity index (χ2v) is 3.07. The Kier molecular flexibility index (Phi) is 3.79. The van der Waals surface area contributed by atoms with E-state index in [9.17, 15) is 9.59 Å². The summed E-state index contributed by atoms with van der Waals surface area (Å²) >= 11 is 0. The zero-order valence-corrected chi connectivity index (χ0v) is 8.73. The lowest BCUT2D eigenvalue weighted by molar-refractivity contribution is -0.121. The molecule has 0 atom stereocenters. The molecule has 0 saturated heterocycles. The van der Waals surface area contributed by atoms with E-state index in [0.29, 0.717) is 5.56 Å². The van der Waals surface area contributed by atoms with E-state index in [0.717, 1.165) is 0 Å². The molecule has 0 spiro atoms. The number of hydrogen-bond acceptors (Lipinski definition) is 3. The molecule has 0 aliphatic heterocycles. The monoisotopic (exact) mass is 207 g/mol. The lowest BCUT2D eigenvalue weighted by Gasteiger charge is -2.15. The fraction of sp³-hybridized carbons (Fsp3) is 0.300. The number of likely N-dealkylation sites (N-methyl/N-ethyl adjacent to an activating group) is 2. The first-order valence-electron chi connectivity index (χ1n) is 4.51. The van der Waals surface area contributed by atoms with Crippen molar-refractivity contribution in [2.45, 2.75) is 0 Å². The Bertz CT molecular complexity index is 351. The lowest BCUT2D eigenvalue weighted by Crippen LogP contribution is -2.36. The predicted octanol–water partition coefficient (Wildman–Crippen LogP) is -0.100. The van der Waals surface area contributed by atoms with E-state index in [-0.39, 0.29) is 18.4 Å². The summed E-state index contributed by atoms with van der Waals surface area (Å²) in [5, 5.41) is 2.46. The third-order valence-electron chi connectivity index (χ3n) is 1.93. The topological polar surface area (TPSA) is 62.3 Å². The molecule has 1 heterocycles. The molecule has 1 aromatic rings. The van der Waals surface area contributed by atoms with Crippen LogP contribution in [0.1, 0.15) is 10.4 Å². The minimum absolute atomic E-state index is 0.0532. The molecule has 1 rings (SSSR count). The number of carbonyl (C=O) groups is 2. The number of carbonyl (C=O) groups excluding carboxylic acids is 2. The highest BCUT2D eigenvalue weighted by atomic mass is 16.2. The van der Waals surface area contributed by atoms with Crippen molar-refractivity contribution in [2.24, 2.45) is 0 Å². The van der Waals surface area contributed by atoms with Crippen LogP contribution in [0.25, 0.3) is 0 Å². The van der Waals surface area contributed by atoms with Gasteiger partial charge in [-0.15, -0.1) is 0 Å². The fourth-order valence-corrected chi connectivity index (χ4v) is 1.08. The zero-order chi connectivity index (χ0) is 11.3. The van der Waals surface area contributed by atoms with Gasteiger partial charge in [0.25, 0.3) is 5.91 Å². The summed E-state index contributed by atoms with van der Waals surface area (Å²) in [6.07, 6.45) is 3.09. The van der Waals surface area contributed by atoms with Gasteiger partial charge in [0.2, 0.25) is 5.91 Å². The predicted molar refractivity (Wildman–Crippen MR) is 55.3 cm³/mol. The smallest absolute Gasteiger partial charge is 0.254 e. The molecule has 5 nitrogen and oxygen atoms in total. The molecule has 0 saturated carbocycles. The highest BCUT2D eigenvalue weighted by Crippen LogP contribution is 2.00. The van der Waals surface area contributed by atoms with Crippen molar-refractivity contribution in [3.8, 4) is 0 Å². The molecule has 2 amide bonds. The van der Waals surface area contributed by atoms with Crippen LogP contribution in [0.5, 0.6) is 0 Å². The van der Waals surface area contributed by atoms with Crippen LogP contribution in [0.4, 0.5) is 0 Å². The van der Waals surface area contributed by atoms with E-state index in [4.69, 9.17) is 0 Å².